The zero-order valence-corrected chi connectivity index (χ0v) is 17.9. The van der Waals surface area contributed by atoms with E-state index in [1.165, 1.54) is 25.7 Å². The maximum atomic E-state index is 12.5. The first kappa shape index (κ1) is 22.5. The Bertz CT molecular complexity index is 553. The van der Waals surface area contributed by atoms with E-state index in [9.17, 15) is 9.90 Å². The van der Waals surface area contributed by atoms with Crippen molar-refractivity contribution in [3.05, 3.63) is 28.8 Å². The Morgan fingerprint density at radius 1 is 0.885 bits per heavy atom. The van der Waals surface area contributed by atoms with Crippen molar-refractivity contribution in [2.24, 2.45) is 0 Å². The largest absolute Gasteiger partial charge is 0.507 e. The number of benzene rings is 1. The summed E-state index contributed by atoms with van der Waals surface area (Å²) in [5.41, 5.74) is 1.61. The molecule has 0 aliphatic carbocycles. The van der Waals surface area contributed by atoms with Gasteiger partial charge in [-0.1, -0.05) is 80.6 Å². The van der Waals surface area contributed by atoms with Crippen LogP contribution in [0.2, 0.25) is 0 Å². The predicted molar refractivity (Wildman–Crippen MR) is 109 cm³/mol. The summed E-state index contributed by atoms with van der Waals surface area (Å²) in [6, 6.07) is 3.57. The van der Waals surface area contributed by atoms with Gasteiger partial charge in [0.25, 0.3) is 0 Å². The first-order chi connectivity index (χ1) is 12.0. The maximum absolute atomic E-state index is 12.5. The molecule has 0 heterocycles. The van der Waals surface area contributed by atoms with Crippen LogP contribution in [0.4, 0.5) is 0 Å². The van der Waals surface area contributed by atoms with Crippen LogP contribution >= 0.6 is 0 Å². The zero-order chi connectivity index (χ0) is 20.0. The van der Waals surface area contributed by atoms with Gasteiger partial charge in [0.1, 0.15) is 5.75 Å². The van der Waals surface area contributed by atoms with Crippen LogP contribution in [0, 0.1) is 0 Å². The van der Waals surface area contributed by atoms with Crippen LogP contribution in [0.5, 0.6) is 5.75 Å². The van der Waals surface area contributed by atoms with E-state index in [4.69, 9.17) is 4.74 Å². The molecule has 0 spiro atoms. The molecule has 1 N–H and O–H groups in total. The monoisotopic (exact) mass is 362 g/mol. The Labute approximate surface area is 160 Å². The second kappa shape index (κ2) is 9.43. The topological polar surface area (TPSA) is 46.5 Å². The molecule has 3 heteroatoms. The van der Waals surface area contributed by atoms with Gasteiger partial charge in [-0.25, -0.2) is 4.79 Å². The molecule has 0 fully saturated rings. The summed E-state index contributed by atoms with van der Waals surface area (Å²) >= 11 is 0. The van der Waals surface area contributed by atoms with Gasteiger partial charge >= 0.3 is 5.97 Å². The van der Waals surface area contributed by atoms with Crippen LogP contribution < -0.4 is 0 Å². The van der Waals surface area contributed by atoms with Gasteiger partial charge in [-0.05, 0) is 29.4 Å². The van der Waals surface area contributed by atoms with Crippen molar-refractivity contribution >= 4 is 5.97 Å². The van der Waals surface area contributed by atoms with Crippen LogP contribution in [0.1, 0.15) is 108 Å². The van der Waals surface area contributed by atoms with Gasteiger partial charge in [0.15, 0.2) is 0 Å². The lowest BCUT2D eigenvalue weighted by atomic mass is 9.78. The molecule has 0 saturated heterocycles. The number of hydrogen-bond donors (Lipinski definition) is 1. The molecule has 26 heavy (non-hydrogen) atoms. The normalized spacial score (nSPS) is 12.3. The number of phenolic OH excluding ortho intramolecular Hbond substituents is 1. The Balaban J connectivity index is 2.86. The number of phenols is 1. The molecular formula is C23H38O3. The van der Waals surface area contributed by atoms with E-state index in [-0.39, 0.29) is 22.5 Å². The van der Waals surface area contributed by atoms with Gasteiger partial charge < -0.3 is 9.84 Å². The molecule has 1 aromatic carbocycles. The van der Waals surface area contributed by atoms with Gasteiger partial charge in [-0.2, -0.15) is 0 Å². The summed E-state index contributed by atoms with van der Waals surface area (Å²) < 4.78 is 5.49. The van der Waals surface area contributed by atoms with E-state index in [0.717, 1.165) is 24.0 Å². The highest BCUT2D eigenvalue weighted by atomic mass is 16.5. The van der Waals surface area contributed by atoms with E-state index in [0.29, 0.717) is 12.2 Å². The summed E-state index contributed by atoms with van der Waals surface area (Å²) in [6.45, 7) is 14.9. The van der Waals surface area contributed by atoms with Gasteiger partial charge in [0.2, 0.25) is 0 Å². The number of unbranched alkanes of at least 4 members (excludes halogenated alkanes) is 5. The lowest BCUT2D eigenvalue weighted by molar-refractivity contribution is 0.0497. The van der Waals surface area contributed by atoms with E-state index in [1.807, 2.05) is 41.5 Å². The van der Waals surface area contributed by atoms with Gasteiger partial charge in [0, 0.05) is 11.1 Å². The second-order valence-corrected chi connectivity index (χ2v) is 9.32. The molecule has 0 bridgehead atoms. The minimum atomic E-state index is -0.297. The highest BCUT2D eigenvalue weighted by molar-refractivity contribution is 5.90. The highest BCUT2D eigenvalue weighted by Gasteiger charge is 2.28. The van der Waals surface area contributed by atoms with E-state index in [2.05, 4.69) is 6.92 Å². The summed E-state index contributed by atoms with van der Waals surface area (Å²) in [7, 11) is 0. The molecular weight excluding hydrogens is 324 g/mol. The van der Waals surface area contributed by atoms with Crippen molar-refractivity contribution in [1.82, 2.24) is 0 Å². The number of esters is 1. The average Bonchev–Trinajstić information content (AvgIpc) is 2.51. The number of hydrogen-bond acceptors (Lipinski definition) is 3. The third-order valence-electron chi connectivity index (χ3n) is 4.69. The minimum absolute atomic E-state index is 0.250. The summed E-state index contributed by atoms with van der Waals surface area (Å²) in [6.07, 6.45) is 6.98. The number of aromatic hydroxyl groups is 1. The Hall–Kier alpha value is -1.51. The number of carbonyl (C=O) groups excluding carboxylic acids is 1. The Morgan fingerprint density at radius 2 is 1.35 bits per heavy atom. The molecule has 0 aliphatic rings. The van der Waals surface area contributed by atoms with E-state index < -0.39 is 0 Å². The summed E-state index contributed by atoms with van der Waals surface area (Å²) in [5, 5.41) is 10.7. The first-order valence-electron chi connectivity index (χ1n) is 10.0. The zero-order valence-electron chi connectivity index (χ0n) is 17.9. The fourth-order valence-electron chi connectivity index (χ4n) is 3.03. The minimum Gasteiger partial charge on any atom is -0.507 e. The molecule has 0 atom stereocenters. The fraction of sp³-hybridized carbons (Fsp3) is 0.696. The number of ether oxygens (including phenoxy) is 1. The smallest absolute Gasteiger partial charge is 0.338 e. The van der Waals surface area contributed by atoms with Crippen molar-refractivity contribution < 1.29 is 14.6 Å². The van der Waals surface area contributed by atoms with Crippen LogP contribution in [-0.4, -0.2) is 17.7 Å². The van der Waals surface area contributed by atoms with Gasteiger partial charge in [-0.3, -0.25) is 0 Å². The highest BCUT2D eigenvalue weighted by Crippen LogP contribution is 2.39. The van der Waals surface area contributed by atoms with Crippen molar-refractivity contribution in [3.63, 3.8) is 0 Å². The quantitative estimate of drug-likeness (QED) is 0.424. The molecule has 0 aliphatic heterocycles. The number of carbonyl (C=O) groups is 1. The van der Waals surface area contributed by atoms with Crippen LogP contribution in [-0.2, 0) is 15.6 Å². The predicted octanol–water partition coefficient (Wildman–Crippen LogP) is 6.50. The Morgan fingerprint density at radius 3 is 1.81 bits per heavy atom. The molecule has 0 unspecified atom stereocenters. The van der Waals surface area contributed by atoms with Crippen molar-refractivity contribution in [1.29, 1.82) is 0 Å². The van der Waals surface area contributed by atoms with E-state index in [1.54, 1.807) is 12.1 Å². The second-order valence-electron chi connectivity index (χ2n) is 9.32. The molecule has 0 amide bonds. The summed E-state index contributed by atoms with van der Waals surface area (Å²) in [5.74, 6) is -0.00738. The third-order valence-corrected chi connectivity index (χ3v) is 4.69. The molecule has 3 nitrogen and oxygen atoms in total. The van der Waals surface area contributed by atoms with Crippen molar-refractivity contribution in [2.45, 2.75) is 97.8 Å². The molecule has 0 aromatic heterocycles. The lowest BCUT2D eigenvalue weighted by Gasteiger charge is -2.28. The van der Waals surface area contributed by atoms with Gasteiger partial charge in [0.05, 0.1) is 12.2 Å². The number of rotatable bonds is 8. The molecule has 0 saturated carbocycles. The molecule has 148 valence electrons. The SMILES string of the molecule is CCCCCCCCOC(=O)c1cc(C(C)(C)C)c(O)c(C(C)(C)C)c1. The molecule has 1 aromatic rings. The van der Waals surface area contributed by atoms with E-state index >= 15 is 0 Å². The van der Waals surface area contributed by atoms with Crippen LogP contribution in [0.3, 0.4) is 0 Å². The van der Waals surface area contributed by atoms with Crippen LogP contribution in [0.15, 0.2) is 12.1 Å². The molecule has 0 radical (unpaired) electrons. The van der Waals surface area contributed by atoms with Crippen molar-refractivity contribution in [2.75, 3.05) is 6.61 Å². The molecule has 1 rings (SSSR count). The average molecular weight is 363 g/mol. The third kappa shape index (κ3) is 6.66. The maximum Gasteiger partial charge on any atom is 0.338 e. The Kier molecular flexibility index (Phi) is 8.17. The standard InChI is InChI=1S/C23H38O3/c1-8-9-10-11-12-13-14-26-21(25)17-15-18(22(2,3)4)20(24)19(16-17)23(5,6)7/h15-16,24H,8-14H2,1-7H3. The van der Waals surface area contributed by atoms with Gasteiger partial charge in [-0.15, -0.1) is 0 Å². The lowest BCUT2D eigenvalue weighted by Crippen LogP contribution is -2.19. The fourth-order valence-corrected chi connectivity index (χ4v) is 3.03. The summed E-state index contributed by atoms with van der Waals surface area (Å²) in [4.78, 5) is 12.5. The van der Waals surface area contributed by atoms with Crippen molar-refractivity contribution in [3.8, 4) is 5.75 Å². The first-order valence-corrected chi connectivity index (χ1v) is 10.0. The van der Waals surface area contributed by atoms with Crippen LogP contribution in [0.25, 0.3) is 0 Å².